The van der Waals surface area contributed by atoms with E-state index in [1.54, 1.807) is 7.11 Å². The summed E-state index contributed by atoms with van der Waals surface area (Å²) < 4.78 is 5.36. The molecule has 0 saturated heterocycles. The maximum Gasteiger partial charge on any atom is 0.121 e. The van der Waals surface area contributed by atoms with Gasteiger partial charge in [-0.2, -0.15) is 0 Å². The molecule has 0 spiro atoms. The first-order valence-electron chi connectivity index (χ1n) is 6.94. The summed E-state index contributed by atoms with van der Waals surface area (Å²) in [4.78, 5) is 4.47. The maximum atomic E-state index is 5.36. The molecule has 1 aromatic heterocycles. The van der Waals surface area contributed by atoms with Gasteiger partial charge in [0.2, 0.25) is 0 Å². The van der Waals surface area contributed by atoms with Crippen molar-refractivity contribution in [3.05, 3.63) is 30.5 Å². The molecule has 0 fully saturated rings. The SMILES string of the molecule is CCCC[C@@H](C)Nc1cc(OC)cc2cccnc12. The van der Waals surface area contributed by atoms with Crippen LogP contribution in [0.25, 0.3) is 10.9 Å². The summed E-state index contributed by atoms with van der Waals surface area (Å²) in [5.74, 6) is 0.866. The summed E-state index contributed by atoms with van der Waals surface area (Å²) in [6.45, 7) is 4.43. The highest BCUT2D eigenvalue weighted by atomic mass is 16.5. The Kier molecular flexibility index (Phi) is 4.61. The zero-order valence-corrected chi connectivity index (χ0v) is 11.9. The highest BCUT2D eigenvalue weighted by molar-refractivity contribution is 5.91. The summed E-state index contributed by atoms with van der Waals surface area (Å²) in [7, 11) is 1.70. The van der Waals surface area contributed by atoms with Crippen molar-refractivity contribution in [2.75, 3.05) is 12.4 Å². The molecule has 0 aliphatic heterocycles. The number of hydrogen-bond donors (Lipinski definition) is 1. The van der Waals surface area contributed by atoms with Gasteiger partial charge in [0.15, 0.2) is 0 Å². The number of benzene rings is 1. The Balaban J connectivity index is 2.29. The average Bonchev–Trinajstić information content (AvgIpc) is 2.44. The number of rotatable bonds is 6. The molecule has 0 aliphatic carbocycles. The molecule has 2 aromatic rings. The van der Waals surface area contributed by atoms with Crippen molar-refractivity contribution < 1.29 is 4.74 Å². The lowest BCUT2D eigenvalue weighted by atomic mass is 10.1. The van der Waals surface area contributed by atoms with Crippen molar-refractivity contribution in [3.8, 4) is 5.75 Å². The summed E-state index contributed by atoms with van der Waals surface area (Å²) in [5.41, 5.74) is 2.06. The minimum Gasteiger partial charge on any atom is -0.497 e. The zero-order valence-electron chi connectivity index (χ0n) is 11.9. The van der Waals surface area contributed by atoms with Crippen molar-refractivity contribution in [1.29, 1.82) is 0 Å². The molecular formula is C16H22N2O. The highest BCUT2D eigenvalue weighted by Crippen LogP contribution is 2.28. The topological polar surface area (TPSA) is 34.1 Å². The molecule has 0 amide bonds. The van der Waals surface area contributed by atoms with E-state index in [2.05, 4.69) is 30.2 Å². The van der Waals surface area contributed by atoms with Crippen molar-refractivity contribution in [2.45, 2.75) is 39.2 Å². The van der Waals surface area contributed by atoms with Crippen molar-refractivity contribution in [1.82, 2.24) is 4.98 Å². The van der Waals surface area contributed by atoms with E-state index in [0.717, 1.165) is 22.3 Å². The van der Waals surface area contributed by atoms with E-state index in [0.29, 0.717) is 6.04 Å². The maximum absolute atomic E-state index is 5.36. The summed E-state index contributed by atoms with van der Waals surface area (Å²) in [6.07, 6.45) is 5.46. The molecular weight excluding hydrogens is 236 g/mol. The minimum atomic E-state index is 0.442. The van der Waals surface area contributed by atoms with Crippen molar-refractivity contribution >= 4 is 16.6 Å². The Labute approximate surface area is 115 Å². The van der Waals surface area contributed by atoms with E-state index >= 15 is 0 Å². The van der Waals surface area contributed by atoms with E-state index in [9.17, 15) is 0 Å². The van der Waals surface area contributed by atoms with Gasteiger partial charge < -0.3 is 10.1 Å². The van der Waals surface area contributed by atoms with Crippen LogP contribution in [0, 0.1) is 0 Å². The number of methoxy groups -OCH3 is 1. The number of fused-ring (bicyclic) bond motifs is 1. The summed E-state index contributed by atoms with van der Waals surface area (Å²) in [5, 5.41) is 4.66. The number of aromatic nitrogens is 1. The summed E-state index contributed by atoms with van der Waals surface area (Å²) >= 11 is 0. The second-order valence-electron chi connectivity index (χ2n) is 4.94. The van der Waals surface area contributed by atoms with Crippen LogP contribution in [0.5, 0.6) is 5.75 Å². The molecule has 1 aromatic carbocycles. The van der Waals surface area contributed by atoms with Gasteiger partial charge in [-0.25, -0.2) is 0 Å². The van der Waals surface area contributed by atoms with Crippen LogP contribution in [0.1, 0.15) is 33.1 Å². The molecule has 3 nitrogen and oxygen atoms in total. The molecule has 1 N–H and O–H groups in total. The number of anilines is 1. The van der Waals surface area contributed by atoms with Gasteiger partial charge in [0.05, 0.1) is 18.3 Å². The highest BCUT2D eigenvalue weighted by Gasteiger charge is 2.08. The molecule has 19 heavy (non-hydrogen) atoms. The Hall–Kier alpha value is -1.77. The average molecular weight is 258 g/mol. The Bertz CT molecular complexity index is 539. The number of ether oxygens (including phenoxy) is 1. The smallest absolute Gasteiger partial charge is 0.121 e. The monoisotopic (exact) mass is 258 g/mol. The molecule has 2 rings (SSSR count). The lowest BCUT2D eigenvalue weighted by Gasteiger charge is -2.17. The molecule has 0 saturated carbocycles. The van der Waals surface area contributed by atoms with Crippen molar-refractivity contribution in [3.63, 3.8) is 0 Å². The molecule has 3 heteroatoms. The van der Waals surface area contributed by atoms with Gasteiger partial charge in [0, 0.05) is 23.7 Å². The predicted octanol–water partition coefficient (Wildman–Crippen LogP) is 4.23. The molecule has 0 bridgehead atoms. The standard InChI is InChI=1S/C16H22N2O/c1-4-5-7-12(2)18-15-11-14(19-3)10-13-8-6-9-17-16(13)15/h6,8-12,18H,4-5,7H2,1-3H3/t12-/m1/s1. The molecule has 1 atom stereocenters. The molecule has 1 heterocycles. The van der Waals surface area contributed by atoms with E-state index in [1.165, 1.54) is 19.3 Å². The first-order chi connectivity index (χ1) is 9.24. The van der Waals surface area contributed by atoms with Gasteiger partial charge in [-0.15, -0.1) is 0 Å². The van der Waals surface area contributed by atoms with Gasteiger partial charge in [-0.3, -0.25) is 4.98 Å². The largest absolute Gasteiger partial charge is 0.497 e. The number of nitrogens with one attached hydrogen (secondary N) is 1. The van der Waals surface area contributed by atoms with Crippen LogP contribution in [0.4, 0.5) is 5.69 Å². The molecule has 0 radical (unpaired) electrons. The fourth-order valence-electron chi connectivity index (χ4n) is 2.24. The molecule has 0 aliphatic rings. The summed E-state index contributed by atoms with van der Waals surface area (Å²) in [6, 6.07) is 8.50. The van der Waals surface area contributed by atoms with Crippen LogP contribution < -0.4 is 10.1 Å². The van der Waals surface area contributed by atoms with Crippen LogP contribution in [-0.4, -0.2) is 18.1 Å². The first-order valence-corrected chi connectivity index (χ1v) is 6.94. The number of unbranched alkanes of at least 4 members (excludes halogenated alkanes) is 1. The third-order valence-corrected chi connectivity index (χ3v) is 3.31. The third-order valence-electron chi connectivity index (χ3n) is 3.31. The minimum absolute atomic E-state index is 0.442. The predicted molar refractivity (Wildman–Crippen MR) is 80.9 cm³/mol. The van der Waals surface area contributed by atoms with E-state index in [4.69, 9.17) is 4.74 Å². The van der Waals surface area contributed by atoms with E-state index in [1.807, 2.05) is 24.4 Å². The van der Waals surface area contributed by atoms with Gasteiger partial charge in [-0.05, 0) is 25.5 Å². The van der Waals surface area contributed by atoms with Gasteiger partial charge in [-0.1, -0.05) is 25.8 Å². The molecule has 102 valence electrons. The Morgan fingerprint density at radius 2 is 2.21 bits per heavy atom. The van der Waals surface area contributed by atoms with Crippen LogP contribution in [0.3, 0.4) is 0 Å². The van der Waals surface area contributed by atoms with Crippen LogP contribution >= 0.6 is 0 Å². The van der Waals surface area contributed by atoms with Gasteiger partial charge >= 0.3 is 0 Å². The normalized spacial score (nSPS) is 12.4. The van der Waals surface area contributed by atoms with Crippen LogP contribution in [0.2, 0.25) is 0 Å². The second-order valence-corrected chi connectivity index (χ2v) is 4.94. The fraction of sp³-hybridized carbons (Fsp3) is 0.438. The quantitative estimate of drug-likeness (QED) is 0.841. The number of nitrogens with zero attached hydrogens (tertiary/aromatic N) is 1. The number of hydrogen-bond acceptors (Lipinski definition) is 3. The lowest BCUT2D eigenvalue weighted by molar-refractivity contribution is 0.415. The first kappa shape index (κ1) is 13.7. The van der Waals surface area contributed by atoms with E-state index < -0.39 is 0 Å². The van der Waals surface area contributed by atoms with Crippen LogP contribution in [-0.2, 0) is 0 Å². The number of pyridine rings is 1. The third kappa shape index (κ3) is 3.37. The van der Waals surface area contributed by atoms with Gasteiger partial charge in [0.25, 0.3) is 0 Å². The van der Waals surface area contributed by atoms with E-state index in [-0.39, 0.29) is 0 Å². The lowest BCUT2D eigenvalue weighted by Crippen LogP contribution is -2.15. The second kappa shape index (κ2) is 6.41. The zero-order chi connectivity index (χ0) is 13.7. The van der Waals surface area contributed by atoms with Crippen molar-refractivity contribution in [2.24, 2.45) is 0 Å². The van der Waals surface area contributed by atoms with Gasteiger partial charge in [0.1, 0.15) is 5.75 Å². The fourth-order valence-corrected chi connectivity index (χ4v) is 2.24. The Morgan fingerprint density at radius 1 is 1.37 bits per heavy atom. The molecule has 0 unspecified atom stereocenters. The Morgan fingerprint density at radius 3 is 2.95 bits per heavy atom. The van der Waals surface area contributed by atoms with Crippen LogP contribution in [0.15, 0.2) is 30.5 Å².